The van der Waals surface area contributed by atoms with E-state index in [-0.39, 0.29) is 29.7 Å². The fourth-order valence-electron chi connectivity index (χ4n) is 4.69. The second-order valence-corrected chi connectivity index (χ2v) is 10.2. The van der Waals surface area contributed by atoms with Crippen LogP contribution in [0.15, 0.2) is 35.3 Å². The van der Waals surface area contributed by atoms with Gasteiger partial charge in [-0.05, 0) is 43.0 Å². The molecule has 11 heteroatoms. The lowest BCUT2D eigenvalue weighted by Crippen LogP contribution is -2.36. The molecule has 3 aromatic rings. The standard InChI is InChI=1S/C26H31ClN6O4/c1-16-4-3-7-32(11-16)26-29-10-20(27)24(31-26)30-19-5-6-21-18(8-19)9-22(37-15-23(34)28-2)25(35)33(21)12-17-13-36-14-17/h5-6,8-10,16-17H,3-4,7,11-15H2,1-2H3,(H,28,34)(H,29,30,31). The highest BCUT2D eigenvalue weighted by atomic mass is 35.5. The van der Waals surface area contributed by atoms with E-state index in [2.05, 4.69) is 27.4 Å². The Balaban J connectivity index is 1.46. The van der Waals surface area contributed by atoms with Crippen molar-refractivity contribution in [2.45, 2.75) is 26.3 Å². The van der Waals surface area contributed by atoms with E-state index in [0.717, 1.165) is 36.1 Å². The van der Waals surface area contributed by atoms with Crippen LogP contribution in [0.4, 0.5) is 17.5 Å². The molecule has 2 aliphatic rings. The van der Waals surface area contributed by atoms with Crippen molar-refractivity contribution in [1.82, 2.24) is 19.9 Å². The molecule has 0 saturated carbocycles. The van der Waals surface area contributed by atoms with E-state index in [9.17, 15) is 9.59 Å². The molecule has 0 bridgehead atoms. The van der Waals surface area contributed by atoms with Crippen LogP contribution in [-0.2, 0) is 16.1 Å². The SMILES string of the molecule is CNC(=O)COc1cc2cc(Nc3nc(N4CCCC(C)C4)ncc3Cl)ccc2n(CC2COC2)c1=O. The van der Waals surface area contributed by atoms with Gasteiger partial charge < -0.3 is 29.6 Å². The van der Waals surface area contributed by atoms with Crippen molar-refractivity contribution in [1.29, 1.82) is 0 Å². The number of carbonyl (C=O) groups is 1. The largest absolute Gasteiger partial charge is 0.478 e. The number of benzene rings is 1. The number of fused-ring (bicyclic) bond motifs is 1. The molecule has 2 saturated heterocycles. The third kappa shape index (κ3) is 5.65. The molecular weight excluding hydrogens is 496 g/mol. The molecule has 37 heavy (non-hydrogen) atoms. The van der Waals surface area contributed by atoms with E-state index in [0.29, 0.717) is 42.5 Å². The predicted octanol–water partition coefficient (Wildman–Crippen LogP) is 3.20. The normalized spacial score (nSPS) is 17.9. The van der Waals surface area contributed by atoms with Gasteiger partial charge >= 0.3 is 0 Å². The van der Waals surface area contributed by atoms with E-state index in [1.54, 1.807) is 16.8 Å². The Morgan fingerprint density at radius 3 is 2.86 bits per heavy atom. The van der Waals surface area contributed by atoms with Gasteiger partial charge in [-0.1, -0.05) is 18.5 Å². The van der Waals surface area contributed by atoms with Crippen molar-refractivity contribution in [3.63, 3.8) is 0 Å². The second-order valence-electron chi connectivity index (χ2n) is 9.75. The average Bonchev–Trinajstić information content (AvgIpc) is 2.87. The first-order valence-electron chi connectivity index (χ1n) is 12.5. The van der Waals surface area contributed by atoms with Crippen molar-refractivity contribution >= 4 is 45.9 Å². The van der Waals surface area contributed by atoms with Gasteiger partial charge in [0.25, 0.3) is 11.5 Å². The van der Waals surface area contributed by atoms with Crippen LogP contribution in [0.1, 0.15) is 19.8 Å². The maximum Gasteiger partial charge on any atom is 0.293 e. The summed E-state index contributed by atoms with van der Waals surface area (Å²) in [6.45, 7) is 5.57. The van der Waals surface area contributed by atoms with E-state index in [1.807, 2.05) is 18.2 Å². The summed E-state index contributed by atoms with van der Waals surface area (Å²) in [6.07, 6.45) is 3.94. The Morgan fingerprint density at radius 1 is 1.30 bits per heavy atom. The zero-order chi connectivity index (χ0) is 25.9. The van der Waals surface area contributed by atoms with Crippen LogP contribution in [0, 0.1) is 11.8 Å². The van der Waals surface area contributed by atoms with E-state index in [4.69, 9.17) is 26.1 Å². The highest BCUT2D eigenvalue weighted by Gasteiger charge is 2.23. The monoisotopic (exact) mass is 526 g/mol. The smallest absolute Gasteiger partial charge is 0.293 e. The third-order valence-corrected chi connectivity index (χ3v) is 7.06. The first-order valence-corrected chi connectivity index (χ1v) is 12.9. The zero-order valence-electron chi connectivity index (χ0n) is 21.0. The van der Waals surface area contributed by atoms with Crippen LogP contribution < -0.4 is 25.8 Å². The Labute approximate surface area is 219 Å². The summed E-state index contributed by atoms with van der Waals surface area (Å²) >= 11 is 6.45. The molecule has 2 aliphatic heterocycles. The number of carbonyl (C=O) groups excluding carboxylic acids is 1. The van der Waals surface area contributed by atoms with Gasteiger partial charge in [0.2, 0.25) is 5.95 Å². The number of rotatable bonds is 8. The summed E-state index contributed by atoms with van der Waals surface area (Å²) in [7, 11) is 1.52. The topological polar surface area (TPSA) is 111 Å². The molecule has 0 radical (unpaired) electrons. The first kappa shape index (κ1) is 25.3. The molecule has 2 fully saturated rings. The molecule has 4 heterocycles. The van der Waals surface area contributed by atoms with Crippen molar-refractivity contribution in [2.24, 2.45) is 11.8 Å². The fourth-order valence-corrected chi connectivity index (χ4v) is 4.83. The van der Waals surface area contributed by atoms with Crippen molar-refractivity contribution in [2.75, 3.05) is 50.2 Å². The van der Waals surface area contributed by atoms with Crippen LogP contribution >= 0.6 is 11.6 Å². The molecule has 1 unspecified atom stereocenters. The van der Waals surface area contributed by atoms with Gasteiger partial charge in [0.15, 0.2) is 18.2 Å². The lowest BCUT2D eigenvalue weighted by Gasteiger charge is -2.31. The van der Waals surface area contributed by atoms with E-state index >= 15 is 0 Å². The third-order valence-electron chi connectivity index (χ3n) is 6.78. The van der Waals surface area contributed by atoms with Gasteiger partial charge in [0, 0.05) is 43.7 Å². The van der Waals surface area contributed by atoms with E-state index in [1.165, 1.54) is 13.5 Å². The summed E-state index contributed by atoms with van der Waals surface area (Å²) in [4.78, 5) is 36.3. The number of piperidine rings is 1. The maximum absolute atomic E-state index is 13.2. The lowest BCUT2D eigenvalue weighted by atomic mass is 10.0. The number of aromatic nitrogens is 3. The predicted molar refractivity (Wildman–Crippen MR) is 143 cm³/mol. The zero-order valence-corrected chi connectivity index (χ0v) is 21.8. The average molecular weight is 527 g/mol. The number of anilines is 3. The van der Waals surface area contributed by atoms with Gasteiger partial charge in [-0.15, -0.1) is 0 Å². The summed E-state index contributed by atoms with van der Waals surface area (Å²) in [5, 5.41) is 7.01. The van der Waals surface area contributed by atoms with Crippen LogP contribution in [0.5, 0.6) is 5.75 Å². The first-order chi connectivity index (χ1) is 17.9. The van der Waals surface area contributed by atoms with Crippen LogP contribution in [-0.4, -0.2) is 60.4 Å². The van der Waals surface area contributed by atoms with Crippen LogP contribution in [0.25, 0.3) is 10.9 Å². The van der Waals surface area contributed by atoms with E-state index < -0.39 is 0 Å². The minimum absolute atomic E-state index is 0.120. The number of nitrogens with zero attached hydrogens (tertiary/aromatic N) is 4. The summed E-state index contributed by atoms with van der Waals surface area (Å²) in [6, 6.07) is 7.36. The number of nitrogens with one attached hydrogen (secondary N) is 2. The number of hydrogen-bond acceptors (Lipinski definition) is 8. The highest BCUT2D eigenvalue weighted by molar-refractivity contribution is 6.32. The number of ether oxygens (including phenoxy) is 2. The van der Waals surface area contributed by atoms with Crippen LogP contribution in [0.2, 0.25) is 5.02 Å². The molecule has 2 aromatic heterocycles. The summed E-state index contributed by atoms with van der Waals surface area (Å²) in [5.41, 5.74) is 1.25. The number of amides is 1. The van der Waals surface area contributed by atoms with Gasteiger partial charge in [-0.25, -0.2) is 4.98 Å². The molecule has 2 N–H and O–H groups in total. The number of hydrogen-bond donors (Lipinski definition) is 2. The minimum atomic E-state index is -0.314. The van der Waals surface area contributed by atoms with Crippen LogP contribution in [0.3, 0.4) is 0 Å². The fraction of sp³-hybridized carbons (Fsp3) is 0.462. The Morgan fingerprint density at radius 2 is 2.14 bits per heavy atom. The molecule has 196 valence electrons. The molecule has 0 aliphatic carbocycles. The number of pyridine rings is 1. The van der Waals surface area contributed by atoms with Gasteiger partial charge in [-0.2, -0.15) is 4.98 Å². The maximum atomic E-state index is 13.2. The molecule has 1 aromatic carbocycles. The number of halogens is 1. The molecule has 5 rings (SSSR count). The molecule has 10 nitrogen and oxygen atoms in total. The molecular formula is C26H31ClN6O4. The second kappa shape index (κ2) is 10.9. The molecule has 1 atom stereocenters. The Kier molecular flexibility index (Phi) is 7.48. The van der Waals surface area contributed by atoms with Gasteiger partial charge in [0.1, 0.15) is 5.02 Å². The van der Waals surface area contributed by atoms with Gasteiger partial charge in [0.05, 0.1) is 24.9 Å². The Bertz CT molecular complexity index is 1360. The minimum Gasteiger partial charge on any atom is -0.478 e. The molecule has 1 amide bonds. The quantitative estimate of drug-likeness (QED) is 0.460. The Hall–Kier alpha value is -3.37. The summed E-state index contributed by atoms with van der Waals surface area (Å²) in [5.74, 6) is 1.82. The van der Waals surface area contributed by atoms with Crippen molar-refractivity contribution in [3.8, 4) is 5.75 Å². The summed E-state index contributed by atoms with van der Waals surface area (Å²) < 4.78 is 12.6. The molecule has 0 spiro atoms. The van der Waals surface area contributed by atoms with Gasteiger partial charge in [-0.3, -0.25) is 9.59 Å². The van der Waals surface area contributed by atoms with Crippen molar-refractivity contribution in [3.05, 3.63) is 45.8 Å². The van der Waals surface area contributed by atoms with Crippen molar-refractivity contribution < 1.29 is 14.3 Å². The number of likely N-dealkylation sites (N-methyl/N-ethyl adjacent to an activating group) is 1. The lowest BCUT2D eigenvalue weighted by molar-refractivity contribution is -0.122. The highest BCUT2D eigenvalue weighted by Crippen LogP contribution is 2.29.